The van der Waals surface area contributed by atoms with Crippen LogP contribution in [0.15, 0.2) is 22.7 Å². The lowest BCUT2D eigenvalue weighted by Crippen LogP contribution is -2.08. The molecule has 1 aliphatic carbocycles. The average molecular weight is 342 g/mol. The van der Waals surface area contributed by atoms with Crippen LogP contribution in [0, 0.1) is 11.3 Å². The normalized spacial score (nSPS) is 22.7. The van der Waals surface area contributed by atoms with Crippen molar-refractivity contribution in [3.05, 3.63) is 28.5 Å². The summed E-state index contributed by atoms with van der Waals surface area (Å²) in [5, 5.41) is -0.0620. The van der Waals surface area contributed by atoms with E-state index in [-0.39, 0.29) is 5.38 Å². The largest absolute Gasteiger partial charge is 0.326 e. The third kappa shape index (κ3) is 2.43. The maximum atomic E-state index is 6.30. The third-order valence-corrected chi connectivity index (χ3v) is 4.90. The Bertz CT molecular complexity index is 630. The molecule has 2 atom stereocenters. The monoisotopic (exact) mass is 340 g/mol. The molecule has 1 heterocycles. The van der Waals surface area contributed by atoms with Crippen LogP contribution in [0.3, 0.4) is 0 Å². The highest BCUT2D eigenvalue weighted by molar-refractivity contribution is 9.10. The Balaban J connectivity index is 2.08. The minimum absolute atomic E-state index is 0.0620. The zero-order chi connectivity index (χ0) is 13.8. The van der Waals surface area contributed by atoms with E-state index in [1.54, 1.807) is 0 Å². The first kappa shape index (κ1) is 13.4. The molecule has 1 saturated carbocycles. The highest BCUT2D eigenvalue weighted by Crippen LogP contribution is 2.53. The van der Waals surface area contributed by atoms with Crippen LogP contribution >= 0.6 is 27.5 Å². The van der Waals surface area contributed by atoms with Gasteiger partial charge in [-0.1, -0.05) is 29.8 Å². The topological polar surface area (TPSA) is 17.8 Å². The molecule has 2 nitrogen and oxygen atoms in total. The average Bonchev–Trinajstić information content (AvgIpc) is 2.77. The van der Waals surface area contributed by atoms with Crippen LogP contribution in [0.2, 0.25) is 0 Å². The number of nitrogens with zero attached hydrogens (tertiary/aromatic N) is 2. The zero-order valence-electron chi connectivity index (χ0n) is 11.5. The van der Waals surface area contributed by atoms with Gasteiger partial charge >= 0.3 is 0 Å². The number of hydrogen-bond acceptors (Lipinski definition) is 1. The summed E-state index contributed by atoms with van der Waals surface area (Å²) in [6.45, 7) is 7.67. The molecule has 19 heavy (non-hydrogen) atoms. The number of rotatable bonds is 3. The van der Waals surface area contributed by atoms with Crippen LogP contribution in [-0.2, 0) is 6.54 Å². The van der Waals surface area contributed by atoms with E-state index in [9.17, 15) is 0 Å². The molecular formula is C15H18BrClN2. The van der Waals surface area contributed by atoms with Crippen molar-refractivity contribution < 1.29 is 0 Å². The van der Waals surface area contributed by atoms with Crippen molar-refractivity contribution in [2.45, 2.75) is 39.1 Å². The number of halogens is 2. The first-order valence-electron chi connectivity index (χ1n) is 6.68. The molecule has 0 N–H and O–H groups in total. The summed E-state index contributed by atoms with van der Waals surface area (Å²) < 4.78 is 3.39. The van der Waals surface area contributed by atoms with Gasteiger partial charge in [0.15, 0.2) is 0 Å². The van der Waals surface area contributed by atoms with E-state index < -0.39 is 0 Å². The molecule has 0 bridgehead atoms. The smallest absolute Gasteiger partial charge is 0.127 e. The minimum Gasteiger partial charge on any atom is -0.326 e. The number of benzene rings is 1. The van der Waals surface area contributed by atoms with Gasteiger partial charge in [0.05, 0.1) is 16.4 Å². The van der Waals surface area contributed by atoms with Crippen molar-refractivity contribution >= 4 is 38.6 Å². The highest BCUT2D eigenvalue weighted by Gasteiger charge is 2.45. The zero-order valence-corrected chi connectivity index (χ0v) is 13.8. The maximum Gasteiger partial charge on any atom is 0.127 e. The molecule has 0 saturated heterocycles. The second kappa shape index (κ2) is 4.49. The van der Waals surface area contributed by atoms with Gasteiger partial charge in [-0.3, -0.25) is 0 Å². The SMILES string of the molecule is CC(Cl)c1nc2ccc(Br)cc2n1CC1CC1(C)C. The summed E-state index contributed by atoms with van der Waals surface area (Å²) in [7, 11) is 0. The second-order valence-corrected chi connectivity index (χ2v) is 7.79. The molecule has 2 aromatic rings. The van der Waals surface area contributed by atoms with Gasteiger partial charge in [0, 0.05) is 11.0 Å². The lowest BCUT2D eigenvalue weighted by molar-refractivity contribution is 0.495. The van der Waals surface area contributed by atoms with Gasteiger partial charge in [0.1, 0.15) is 5.82 Å². The molecular weight excluding hydrogens is 324 g/mol. The Labute approximate surface area is 127 Å². The summed E-state index contributed by atoms with van der Waals surface area (Å²) in [5.41, 5.74) is 2.68. The second-order valence-electron chi connectivity index (χ2n) is 6.22. The van der Waals surface area contributed by atoms with Crippen molar-refractivity contribution in [2.24, 2.45) is 11.3 Å². The lowest BCUT2D eigenvalue weighted by atomic mass is 10.1. The van der Waals surface area contributed by atoms with Crippen molar-refractivity contribution in [2.75, 3.05) is 0 Å². The van der Waals surface area contributed by atoms with Crippen molar-refractivity contribution in [3.63, 3.8) is 0 Å². The number of hydrogen-bond donors (Lipinski definition) is 0. The Morgan fingerprint density at radius 3 is 2.79 bits per heavy atom. The standard InChI is InChI=1S/C15H18BrClN2/c1-9(17)14-18-12-5-4-11(16)6-13(12)19(14)8-10-7-15(10,2)3/h4-6,9-10H,7-8H2,1-3H3. The molecule has 0 radical (unpaired) electrons. The van der Waals surface area contributed by atoms with E-state index >= 15 is 0 Å². The summed E-state index contributed by atoms with van der Waals surface area (Å²) >= 11 is 9.84. The van der Waals surface area contributed by atoms with E-state index in [0.717, 1.165) is 28.3 Å². The van der Waals surface area contributed by atoms with Crippen molar-refractivity contribution in [3.8, 4) is 0 Å². The number of fused-ring (bicyclic) bond motifs is 1. The first-order valence-corrected chi connectivity index (χ1v) is 7.91. The van der Waals surface area contributed by atoms with Gasteiger partial charge in [-0.25, -0.2) is 4.98 Å². The molecule has 0 spiro atoms. The number of imidazole rings is 1. The van der Waals surface area contributed by atoms with E-state index in [4.69, 9.17) is 16.6 Å². The number of alkyl halides is 1. The summed E-state index contributed by atoms with van der Waals surface area (Å²) in [5.74, 6) is 1.72. The fraction of sp³-hybridized carbons (Fsp3) is 0.533. The first-order chi connectivity index (χ1) is 8.88. The fourth-order valence-corrected chi connectivity index (χ4v) is 3.23. The predicted molar refractivity (Wildman–Crippen MR) is 83.6 cm³/mol. The summed E-state index contributed by atoms with van der Waals surface area (Å²) in [6, 6.07) is 6.22. The fourth-order valence-electron chi connectivity index (χ4n) is 2.72. The molecule has 2 unspecified atom stereocenters. The quantitative estimate of drug-likeness (QED) is 0.706. The molecule has 1 aromatic carbocycles. The van der Waals surface area contributed by atoms with Gasteiger partial charge in [-0.05, 0) is 42.9 Å². The van der Waals surface area contributed by atoms with Crippen LogP contribution in [0.25, 0.3) is 11.0 Å². The molecule has 102 valence electrons. The Morgan fingerprint density at radius 1 is 1.53 bits per heavy atom. The van der Waals surface area contributed by atoms with E-state index in [1.807, 2.05) is 13.0 Å². The molecule has 4 heteroatoms. The van der Waals surface area contributed by atoms with Crippen molar-refractivity contribution in [1.82, 2.24) is 9.55 Å². The summed E-state index contributed by atoms with van der Waals surface area (Å²) in [4.78, 5) is 4.69. The molecule has 1 aromatic heterocycles. The van der Waals surface area contributed by atoms with Crippen LogP contribution in [0.1, 0.15) is 38.4 Å². The van der Waals surface area contributed by atoms with Gasteiger partial charge in [0.2, 0.25) is 0 Å². The molecule has 0 amide bonds. The highest BCUT2D eigenvalue weighted by atomic mass is 79.9. The van der Waals surface area contributed by atoms with E-state index in [0.29, 0.717) is 5.41 Å². The minimum atomic E-state index is -0.0620. The molecule has 1 aliphatic rings. The maximum absolute atomic E-state index is 6.30. The third-order valence-electron chi connectivity index (χ3n) is 4.22. The van der Waals surface area contributed by atoms with Crippen LogP contribution < -0.4 is 0 Å². The molecule has 0 aliphatic heterocycles. The lowest BCUT2D eigenvalue weighted by Gasteiger charge is -2.11. The Hall–Kier alpha value is -0.540. The van der Waals surface area contributed by atoms with Gasteiger partial charge in [-0.2, -0.15) is 0 Å². The van der Waals surface area contributed by atoms with Gasteiger partial charge in [0.25, 0.3) is 0 Å². The Morgan fingerprint density at radius 2 is 2.21 bits per heavy atom. The molecule has 3 rings (SSSR count). The van der Waals surface area contributed by atoms with Crippen LogP contribution in [0.5, 0.6) is 0 Å². The van der Waals surface area contributed by atoms with E-state index in [2.05, 4.69) is 46.5 Å². The van der Waals surface area contributed by atoms with Crippen LogP contribution in [-0.4, -0.2) is 9.55 Å². The Kier molecular flexibility index (Phi) is 3.18. The van der Waals surface area contributed by atoms with E-state index in [1.165, 1.54) is 11.9 Å². The predicted octanol–water partition coefficient (Wildman–Crippen LogP) is 5.14. The van der Waals surface area contributed by atoms with Crippen LogP contribution in [0.4, 0.5) is 0 Å². The molecule has 1 fully saturated rings. The van der Waals surface area contributed by atoms with Gasteiger partial charge < -0.3 is 4.57 Å². The van der Waals surface area contributed by atoms with Crippen molar-refractivity contribution in [1.29, 1.82) is 0 Å². The number of aromatic nitrogens is 2. The summed E-state index contributed by atoms with van der Waals surface area (Å²) in [6.07, 6.45) is 1.29. The van der Waals surface area contributed by atoms with Gasteiger partial charge in [-0.15, -0.1) is 11.6 Å².